The quantitative estimate of drug-likeness (QED) is 0.676. The Morgan fingerprint density at radius 3 is 2.54 bits per heavy atom. The zero-order valence-electron chi connectivity index (χ0n) is 15.2. The lowest BCUT2D eigenvalue weighted by Crippen LogP contribution is -2.78. The van der Waals surface area contributed by atoms with Crippen LogP contribution in [0.4, 0.5) is 5.69 Å². The van der Waals surface area contributed by atoms with Crippen LogP contribution in [0.5, 0.6) is 0 Å². The molecule has 2 aliphatic rings. The van der Waals surface area contributed by atoms with Gasteiger partial charge in [-0.1, -0.05) is 12.1 Å². The SMILES string of the molecule is CCNc1ccccc1C(=O)NC1(C)C(=O)N2[C@@H](C(=O)O)C(C)(C)S[C@@H]21. The number of β-lactam (4-membered cyclic amide) rings is 1. The maximum absolute atomic E-state index is 12.8. The first-order valence-electron chi connectivity index (χ1n) is 8.52. The van der Waals surface area contributed by atoms with E-state index in [1.807, 2.05) is 32.9 Å². The van der Waals surface area contributed by atoms with Crippen LogP contribution in [-0.2, 0) is 9.59 Å². The van der Waals surface area contributed by atoms with Crippen LogP contribution < -0.4 is 10.6 Å². The molecular weight excluding hydrogens is 354 g/mol. The average molecular weight is 377 g/mol. The molecule has 1 unspecified atom stereocenters. The summed E-state index contributed by atoms with van der Waals surface area (Å²) < 4.78 is -0.629. The second kappa shape index (κ2) is 6.19. The van der Waals surface area contributed by atoms with Crippen molar-refractivity contribution in [3.05, 3.63) is 29.8 Å². The van der Waals surface area contributed by atoms with Gasteiger partial charge in [0.25, 0.3) is 11.8 Å². The largest absolute Gasteiger partial charge is 0.480 e. The molecule has 2 fully saturated rings. The highest BCUT2D eigenvalue weighted by molar-refractivity contribution is 8.01. The predicted molar refractivity (Wildman–Crippen MR) is 100 cm³/mol. The van der Waals surface area contributed by atoms with Crippen LogP contribution in [0.15, 0.2) is 24.3 Å². The fourth-order valence-electron chi connectivity index (χ4n) is 3.67. The standard InChI is InChI=1S/C18H23N3O4S/c1-5-19-11-9-7-6-8-10(11)13(22)20-18(4)15(25)21-12(14(23)24)17(2,3)26-16(18)21/h6-9,12,16,19H,5H2,1-4H3,(H,20,22)(H,23,24)/t12-,16+,18?/m0/s1. The molecule has 0 radical (unpaired) electrons. The van der Waals surface area contributed by atoms with E-state index < -0.39 is 27.7 Å². The van der Waals surface area contributed by atoms with E-state index in [0.29, 0.717) is 17.8 Å². The van der Waals surface area contributed by atoms with Crippen molar-refractivity contribution in [3.63, 3.8) is 0 Å². The first kappa shape index (κ1) is 18.6. The summed E-state index contributed by atoms with van der Waals surface area (Å²) in [6, 6.07) is 6.21. The van der Waals surface area contributed by atoms with Crippen molar-refractivity contribution >= 4 is 35.2 Å². The molecule has 1 aromatic carbocycles. The maximum atomic E-state index is 12.8. The Labute approximate surface area is 156 Å². The molecule has 0 saturated carbocycles. The van der Waals surface area contributed by atoms with Crippen molar-refractivity contribution in [2.75, 3.05) is 11.9 Å². The Morgan fingerprint density at radius 2 is 1.92 bits per heavy atom. The first-order valence-corrected chi connectivity index (χ1v) is 9.40. The minimum atomic E-state index is -1.12. The van der Waals surface area contributed by atoms with E-state index in [-0.39, 0.29) is 11.8 Å². The van der Waals surface area contributed by atoms with Gasteiger partial charge in [-0.3, -0.25) is 9.59 Å². The monoisotopic (exact) mass is 377 g/mol. The van der Waals surface area contributed by atoms with E-state index in [9.17, 15) is 19.5 Å². The molecule has 0 aromatic heterocycles. The minimum absolute atomic E-state index is 0.353. The Kier molecular flexibility index (Phi) is 4.42. The molecule has 0 spiro atoms. The van der Waals surface area contributed by atoms with E-state index in [0.717, 1.165) is 0 Å². The van der Waals surface area contributed by atoms with E-state index in [4.69, 9.17) is 0 Å². The Hall–Kier alpha value is -2.22. The lowest BCUT2D eigenvalue weighted by atomic mass is 9.86. The molecule has 26 heavy (non-hydrogen) atoms. The molecule has 3 rings (SSSR count). The van der Waals surface area contributed by atoms with Gasteiger partial charge in [-0.15, -0.1) is 11.8 Å². The number of carbonyl (C=O) groups is 3. The van der Waals surface area contributed by atoms with E-state index in [2.05, 4.69) is 10.6 Å². The number of nitrogens with zero attached hydrogens (tertiary/aromatic N) is 1. The minimum Gasteiger partial charge on any atom is -0.480 e. The van der Waals surface area contributed by atoms with Crippen molar-refractivity contribution < 1.29 is 19.5 Å². The summed E-state index contributed by atoms with van der Waals surface area (Å²) in [6.07, 6.45) is 0. The van der Waals surface area contributed by atoms with Crippen LogP contribution in [0.25, 0.3) is 0 Å². The smallest absolute Gasteiger partial charge is 0.327 e. The van der Waals surface area contributed by atoms with Crippen molar-refractivity contribution in [1.82, 2.24) is 10.2 Å². The normalized spacial score (nSPS) is 28.9. The number of carbonyl (C=O) groups excluding carboxylic acids is 2. The van der Waals surface area contributed by atoms with Crippen LogP contribution in [0.1, 0.15) is 38.1 Å². The average Bonchev–Trinajstić information content (AvgIpc) is 2.85. The highest BCUT2D eigenvalue weighted by atomic mass is 32.2. The van der Waals surface area contributed by atoms with Crippen molar-refractivity contribution in [2.45, 2.75) is 49.4 Å². The van der Waals surface area contributed by atoms with E-state index >= 15 is 0 Å². The summed E-state index contributed by atoms with van der Waals surface area (Å²) in [5, 5.41) is 15.1. The number of para-hydroxylation sites is 1. The number of fused-ring (bicyclic) bond motifs is 1. The van der Waals surface area contributed by atoms with Gasteiger partial charge in [0.05, 0.1) is 5.56 Å². The zero-order chi connectivity index (χ0) is 19.3. The van der Waals surface area contributed by atoms with Crippen LogP contribution in [-0.4, -0.2) is 56.0 Å². The number of aliphatic carboxylic acids is 1. The van der Waals surface area contributed by atoms with Gasteiger partial charge in [0.2, 0.25) is 0 Å². The fourth-order valence-corrected chi connectivity index (χ4v) is 5.31. The third-order valence-corrected chi connectivity index (χ3v) is 6.68. The van der Waals surface area contributed by atoms with Crippen LogP contribution in [0, 0.1) is 0 Å². The molecule has 3 N–H and O–H groups in total. The summed E-state index contributed by atoms with van der Waals surface area (Å²) in [4.78, 5) is 38.6. The number of amides is 2. The lowest BCUT2D eigenvalue weighted by molar-refractivity contribution is -0.165. The van der Waals surface area contributed by atoms with Crippen LogP contribution >= 0.6 is 11.8 Å². The van der Waals surface area contributed by atoms with Gasteiger partial charge >= 0.3 is 5.97 Å². The van der Waals surface area contributed by atoms with Gasteiger partial charge in [-0.25, -0.2) is 4.79 Å². The van der Waals surface area contributed by atoms with Crippen molar-refractivity contribution in [3.8, 4) is 0 Å². The molecule has 1 aromatic rings. The summed E-state index contributed by atoms with van der Waals surface area (Å²) >= 11 is 1.41. The number of hydrogen-bond acceptors (Lipinski definition) is 5. The summed E-state index contributed by atoms with van der Waals surface area (Å²) in [5.74, 6) is -1.74. The van der Waals surface area contributed by atoms with Gasteiger partial charge in [-0.05, 0) is 39.8 Å². The number of carboxylic acids is 1. The Morgan fingerprint density at radius 1 is 1.27 bits per heavy atom. The zero-order valence-corrected chi connectivity index (χ0v) is 16.0. The number of carboxylic acid groups (broad SMARTS) is 1. The number of rotatable bonds is 5. The molecule has 140 valence electrons. The number of benzene rings is 1. The highest BCUT2D eigenvalue weighted by Crippen LogP contribution is 2.54. The highest BCUT2D eigenvalue weighted by Gasteiger charge is 2.70. The second-order valence-electron chi connectivity index (χ2n) is 7.26. The number of anilines is 1. The fraction of sp³-hybridized carbons (Fsp3) is 0.500. The summed E-state index contributed by atoms with van der Waals surface area (Å²) in [6.45, 7) is 7.89. The summed E-state index contributed by atoms with van der Waals surface area (Å²) in [5.41, 5.74) is 0.0316. The van der Waals surface area contributed by atoms with Gasteiger partial charge < -0.3 is 20.6 Å². The molecule has 2 aliphatic heterocycles. The molecule has 0 bridgehead atoms. The Bertz CT molecular complexity index is 781. The van der Waals surface area contributed by atoms with E-state index in [1.165, 1.54) is 16.7 Å². The van der Waals surface area contributed by atoms with Crippen LogP contribution in [0.3, 0.4) is 0 Å². The Balaban J connectivity index is 1.85. The van der Waals surface area contributed by atoms with E-state index in [1.54, 1.807) is 19.1 Å². The van der Waals surface area contributed by atoms with Crippen molar-refractivity contribution in [1.29, 1.82) is 0 Å². The second-order valence-corrected chi connectivity index (χ2v) is 8.99. The summed E-state index contributed by atoms with van der Waals surface area (Å²) in [7, 11) is 0. The molecule has 3 atom stereocenters. The topological polar surface area (TPSA) is 98.7 Å². The third kappa shape index (κ3) is 2.63. The van der Waals surface area contributed by atoms with Gasteiger partial charge in [0, 0.05) is 17.0 Å². The number of nitrogens with one attached hydrogen (secondary N) is 2. The lowest BCUT2D eigenvalue weighted by Gasteiger charge is -2.51. The van der Waals surface area contributed by atoms with Gasteiger partial charge in [0.15, 0.2) is 0 Å². The van der Waals surface area contributed by atoms with Crippen LogP contribution in [0.2, 0.25) is 0 Å². The predicted octanol–water partition coefficient (Wildman–Crippen LogP) is 1.75. The van der Waals surface area contributed by atoms with Gasteiger partial charge in [-0.2, -0.15) is 0 Å². The molecule has 7 nitrogen and oxygen atoms in total. The van der Waals surface area contributed by atoms with Gasteiger partial charge in [0.1, 0.15) is 17.0 Å². The van der Waals surface area contributed by atoms with Crippen molar-refractivity contribution in [2.24, 2.45) is 0 Å². The molecular formula is C18H23N3O4S. The molecule has 0 aliphatic carbocycles. The maximum Gasteiger partial charge on any atom is 0.327 e. The first-order chi connectivity index (χ1) is 12.1. The number of thioether (sulfide) groups is 1. The third-order valence-electron chi connectivity index (χ3n) is 4.92. The molecule has 2 heterocycles. The molecule has 2 saturated heterocycles. The molecule has 8 heteroatoms. The molecule has 2 amide bonds. The number of hydrogen-bond donors (Lipinski definition) is 3.